The van der Waals surface area contributed by atoms with Gasteiger partial charge in [-0.15, -0.1) is 0 Å². The lowest BCUT2D eigenvalue weighted by Gasteiger charge is -2.48. The average molecular weight is 472 g/mol. The Morgan fingerprint density at radius 3 is 2.45 bits per heavy atom. The second-order valence-corrected chi connectivity index (χ2v) is 8.22. The van der Waals surface area contributed by atoms with E-state index in [-0.39, 0.29) is 20.0 Å². The highest BCUT2D eigenvalue weighted by Crippen LogP contribution is 2.38. The van der Waals surface area contributed by atoms with Crippen molar-refractivity contribution < 1.29 is 54.2 Å². The van der Waals surface area contributed by atoms with Crippen LogP contribution in [0.2, 0.25) is 0 Å². The third-order valence-electron chi connectivity index (χ3n) is 4.66. The van der Waals surface area contributed by atoms with Gasteiger partial charge in [-0.2, -0.15) is 21.6 Å². The summed E-state index contributed by atoms with van der Waals surface area (Å²) in [4.78, 5) is 0. The topological polar surface area (TPSA) is 98.8 Å². The SMILES string of the molecule is CCOCOC1C2OC(c3ccccc3)OCC2OC(OC)C1OS(=O)(=O)C(F)(F)F. The molecule has 0 spiro atoms. The van der Waals surface area contributed by atoms with Gasteiger partial charge in [0.1, 0.15) is 25.1 Å². The number of benzene rings is 1. The molecule has 2 fully saturated rings. The highest BCUT2D eigenvalue weighted by molar-refractivity contribution is 7.87. The zero-order chi connectivity index (χ0) is 22.6. The average Bonchev–Trinajstić information content (AvgIpc) is 2.74. The molecule has 9 nitrogen and oxygen atoms in total. The molecule has 3 rings (SSSR count). The molecule has 1 aromatic rings. The summed E-state index contributed by atoms with van der Waals surface area (Å²) in [6.07, 6.45) is -7.35. The third-order valence-corrected chi connectivity index (χ3v) is 5.70. The fourth-order valence-electron chi connectivity index (χ4n) is 3.22. The Kier molecular flexibility index (Phi) is 7.91. The molecule has 6 atom stereocenters. The van der Waals surface area contributed by atoms with Gasteiger partial charge < -0.3 is 28.4 Å². The predicted molar refractivity (Wildman–Crippen MR) is 96.9 cm³/mol. The van der Waals surface area contributed by atoms with Crippen molar-refractivity contribution >= 4 is 10.1 Å². The summed E-state index contributed by atoms with van der Waals surface area (Å²) in [7, 11) is -4.84. The second-order valence-electron chi connectivity index (χ2n) is 6.66. The molecular formula is C18H23F3O9S. The Bertz CT molecular complexity index is 805. The van der Waals surface area contributed by atoms with E-state index in [1.807, 2.05) is 0 Å². The van der Waals surface area contributed by atoms with Gasteiger partial charge in [-0.05, 0) is 6.92 Å². The summed E-state index contributed by atoms with van der Waals surface area (Å²) in [5, 5.41) is 0. The van der Waals surface area contributed by atoms with Crippen LogP contribution >= 0.6 is 0 Å². The summed E-state index contributed by atoms with van der Waals surface area (Å²) in [5.74, 6) is 0. The molecule has 1 aromatic carbocycles. The van der Waals surface area contributed by atoms with Crippen LogP contribution in [0.25, 0.3) is 0 Å². The Hall–Kier alpha value is -1.32. The van der Waals surface area contributed by atoms with Gasteiger partial charge in [-0.25, -0.2) is 0 Å². The molecule has 0 amide bonds. The molecule has 0 N–H and O–H groups in total. The van der Waals surface area contributed by atoms with E-state index in [1.54, 1.807) is 37.3 Å². The van der Waals surface area contributed by atoms with Crippen molar-refractivity contribution in [3.8, 4) is 0 Å². The van der Waals surface area contributed by atoms with Crippen LogP contribution in [0.3, 0.4) is 0 Å². The molecule has 0 aromatic heterocycles. The van der Waals surface area contributed by atoms with Crippen LogP contribution in [-0.4, -0.2) is 71.7 Å². The molecule has 2 saturated heterocycles. The fourth-order valence-corrected chi connectivity index (χ4v) is 3.82. The first kappa shape index (κ1) is 24.3. The van der Waals surface area contributed by atoms with Crippen molar-refractivity contribution in [3.63, 3.8) is 0 Å². The number of alkyl halides is 3. The Balaban J connectivity index is 1.89. The smallest absolute Gasteiger partial charge is 0.356 e. The summed E-state index contributed by atoms with van der Waals surface area (Å²) >= 11 is 0. The first-order valence-corrected chi connectivity index (χ1v) is 10.8. The van der Waals surface area contributed by atoms with Gasteiger partial charge in [0.15, 0.2) is 18.7 Å². The molecule has 0 saturated carbocycles. The number of rotatable bonds is 8. The monoisotopic (exact) mass is 472 g/mol. The molecule has 0 radical (unpaired) electrons. The molecule has 176 valence electrons. The van der Waals surface area contributed by atoms with Gasteiger partial charge in [-0.1, -0.05) is 30.3 Å². The highest BCUT2D eigenvalue weighted by atomic mass is 32.2. The summed E-state index contributed by atoms with van der Waals surface area (Å²) in [5.41, 5.74) is -4.99. The largest absolute Gasteiger partial charge is 0.523 e. The maximum Gasteiger partial charge on any atom is 0.523 e. The zero-order valence-corrected chi connectivity index (χ0v) is 17.5. The predicted octanol–water partition coefficient (Wildman–Crippen LogP) is 2.09. The molecule has 0 bridgehead atoms. The second kappa shape index (κ2) is 10.1. The van der Waals surface area contributed by atoms with Crippen molar-refractivity contribution in [2.75, 3.05) is 27.1 Å². The van der Waals surface area contributed by atoms with Crippen molar-refractivity contribution in [1.29, 1.82) is 0 Å². The quantitative estimate of drug-likeness (QED) is 0.244. The van der Waals surface area contributed by atoms with E-state index in [0.29, 0.717) is 5.56 Å². The van der Waals surface area contributed by atoms with Gasteiger partial charge in [0, 0.05) is 19.3 Å². The Morgan fingerprint density at radius 1 is 1.13 bits per heavy atom. The van der Waals surface area contributed by atoms with Crippen molar-refractivity contribution in [2.24, 2.45) is 0 Å². The molecule has 13 heteroatoms. The number of ether oxygens (including phenoxy) is 6. The molecule has 6 unspecified atom stereocenters. The summed E-state index contributed by atoms with van der Waals surface area (Å²) in [6.45, 7) is 1.60. The van der Waals surface area contributed by atoms with Gasteiger partial charge in [0.2, 0.25) is 0 Å². The number of hydrogen-bond acceptors (Lipinski definition) is 9. The van der Waals surface area contributed by atoms with Gasteiger partial charge in [0.25, 0.3) is 0 Å². The lowest BCUT2D eigenvalue weighted by molar-refractivity contribution is -0.364. The highest BCUT2D eigenvalue weighted by Gasteiger charge is 2.57. The van der Waals surface area contributed by atoms with Crippen LogP contribution in [0.15, 0.2) is 30.3 Å². The standard InChI is InChI=1S/C18H23F3O9S/c1-3-25-10-27-14-13-12(9-26-16(29-13)11-7-5-4-6-8-11)28-17(24-2)15(14)30-31(22,23)18(19,20)21/h4-8,12-17H,3,9-10H2,1-2H3. The van der Waals surface area contributed by atoms with Crippen LogP contribution in [0.1, 0.15) is 18.8 Å². The van der Waals surface area contributed by atoms with Crippen LogP contribution in [0.5, 0.6) is 0 Å². The van der Waals surface area contributed by atoms with Gasteiger partial charge in [0.05, 0.1) is 6.61 Å². The number of hydrogen-bond donors (Lipinski definition) is 0. The van der Waals surface area contributed by atoms with Gasteiger partial charge in [-0.3, -0.25) is 4.18 Å². The van der Waals surface area contributed by atoms with E-state index >= 15 is 0 Å². The zero-order valence-electron chi connectivity index (χ0n) is 16.7. The number of methoxy groups -OCH3 is 1. The van der Waals surface area contributed by atoms with Crippen LogP contribution in [0, 0.1) is 0 Å². The normalized spacial score (nSPS) is 31.9. The van der Waals surface area contributed by atoms with E-state index in [9.17, 15) is 21.6 Å². The minimum Gasteiger partial charge on any atom is -0.356 e. The van der Waals surface area contributed by atoms with Crippen LogP contribution in [-0.2, 0) is 42.7 Å². The fraction of sp³-hybridized carbons (Fsp3) is 0.667. The molecular weight excluding hydrogens is 449 g/mol. The van der Waals surface area contributed by atoms with E-state index in [0.717, 1.165) is 7.11 Å². The van der Waals surface area contributed by atoms with Crippen LogP contribution in [0.4, 0.5) is 13.2 Å². The van der Waals surface area contributed by atoms with E-state index < -0.39 is 52.6 Å². The summed E-state index contributed by atoms with van der Waals surface area (Å²) < 4.78 is 99.6. The molecule has 31 heavy (non-hydrogen) atoms. The molecule has 2 heterocycles. The first-order chi connectivity index (χ1) is 14.7. The van der Waals surface area contributed by atoms with Gasteiger partial charge >= 0.3 is 15.6 Å². The van der Waals surface area contributed by atoms with Crippen molar-refractivity contribution in [2.45, 2.75) is 49.4 Å². The number of fused-ring (bicyclic) bond motifs is 1. The lowest BCUT2D eigenvalue weighted by Crippen LogP contribution is -2.64. The molecule has 2 aliphatic heterocycles. The van der Waals surface area contributed by atoms with Crippen molar-refractivity contribution in [3.05, 3.63) is 35.9 Å². The van der Waals surface area contributed by atoms with E-state index in [4.69, 9.17) is 28.4 Å². The van der Waals surface area contributed by atoms with E-state index in [2.05, 4.69) is 4.18 Å². The number of halogens is 3. The van der Waals surface area contributed by atoms with Crippen molar-refractivity contribution in [1.82, 2.24) is 0 Å². The minimum atomic E-state index is -5.98. The summed E-state index contributed by atoms with van der Waals surface area (Å²) in [6, 6.07) is 8.80. The minimum absolute atomic E-state index is 0.00266. The first-order valence-electron chi connectivity index (χ1n) is 9.37. The van der Waals surface area contributed by atoms with E-state index in [1.165, 1.54) is 0 Å². The molecule has 2 aliphatic rings. The molecule has 0 aliphatic carbocycles. The Labute approximate surface area is 177 Å². The lowest BCUT2D eigenvalue weighted by atomic mass is 9.97. The maximum atomic E-state index is 13.0. The Morgan fingerprint density at radius 2 is 1.84 bits per heavy atom. The third kappa shape index (κ3) is 5.54. The van der Waals surface area contributed by atoms with Crippen LogP contribution < -0.4 is 0 Å². The maximum absolute atomic E-state index is 13.0.